The molecule has 6 nitrogen and oxygen atoms in total. The quantitative estimate of drug-likeness (QED) is 0.670. The fourth-order valence-electron chi connectivity index (χ4n) is 3.91. The summed E-state index contributed by atoms with van der Waals surface area (Å²) in [7, 11) is 4.00. The highest BCUT2D eigenvalue weighted by Gasteiger charge is 2.23. The van der Waals surface area contributed by atoms with Crippen molar-refractivity contribution >= 4 is 5.95 Å². The fourth-order valence-corrected chi connectivity index (χ4v) is 3.91. The Kier molecular flexibility index (Phi) is 7.02. The summed E-state index contributed by atoms with van der Waals surface area (Å²) < 4.78 is 5.25. The van der Waals surface area contributed by atoms with Gasteiger partial charge in [0.15, 0.2) is 0 Å². The molecule has 1 aromatic heterocycles. The van der Waals surface area contributed by atoms with E-state index >= 15 is 0 Å². The molecule has 0 aliphatic carbocycles. The summed E-state index contributed by atoms with van der Waals surface area (Å²) >= 11 is 0. The molecule has 0 N–H and O–H groups in total. The van der Waals surface area contributed by atoms with Crippen molar-refractivity contribution in [3.05, 3.63) is 18.0 Å². The van der Waals surface area contributed by atoms with E-state index in [2.05, 4.69) is 31.7 Å². The summed E-state index contributed by atoms with van der Waals surface area (Å²) in [4.78, 5) is 16.6. The van der Waals surface area contributed by atoms with E-state index < -0.39 is 0 Å². The normalized spacial score (nSPS) is 19.9. The van der Waals surface area contributed by atoms with Gasteiger partial charge in [-0.15, -0.1) is 0 Å². The lowest BCUT2D eigenvalue weighted by molar-refractivity contribution is 0.0998. The van der Waals surface area contributed by atoms with Gasteiger partial charge in [-0.3, -0.25) is 4.90 Å². The van der Waals surface area contributed by atoms with Crippen LogP contribution in [0.15, 0.2) is 12.4 Å². The molecule has 25 heavy (non-hydrogen) atoms. The first-order valence-electron chi connectivity index (χ1n) is 9.73. The Labute approximate surface area is 152 Å². The minimum absolute atomic E-state index is 0.659. The molecule has 0 atom stereocenters. The number of piperidine rings is 1. The summed E-state index contributed by atoms with van der Waals surface area (Å²) in [6.45, 7) is 7.42. The van der Waals surface area contributed by atoms with Crippen LogP contribution in [0.3, 0.4) is 0 Å². The molecule has 2 aliphatic heterocycles. The lowest BCUT2D eigenvalue weighted by Crippen LogP contribution is -2.44. The number of hydrogen-bond donors (Lipinski definition) is 0. The molecule has 0 unspecified atom stereocenters. The lowest BCUT2D eigenvalue weighted by atomic mass is 10.0. The molecule has 0 aromatic carbocycles. The third-order valence-electron chi connectivity index (χ3n) is 5.46. The summed E-state index contributed by atoms with van der Waals surface area (Å²) in [5.74, 6) is 0.895. The molecular formula is C19H33N5O. The van der Waals surface area contributed by atoms with Crippen LogP contribution in [0.4, 0.5) is 5.95 Å². The summed E-state index contributed by atoms with van der Waals surface area (Å²) in [6.07, 6.45) is 10.1. The Balaban J connectivity index is 1.59. The van der Waals surface area contributed by atoms with Gasteiger partial charge >= 0.3 is 0 Å². The molecule has 0 radical (unpaired) electrons. The standard InChI is InChI=1S/C19H33N5O/c1-22-11-6-18(7-12-22)24(10-5-13-25-2)16-17-14-20-19(21-15-17)23-8-3-4-9-23/h14-15,18H,3-13,16H2,1-2H3. The highest BCUT2D eigenvalue weighted by Crippen LogP contribution is 2.20. The van der Waals surface area contributed by atoms with Crippen LogP contribution in [0.1, 0.15) is 37.7 Å². The average molecular weight is 348 g/mol. The SMILES string of the molecule is COCCCN(Cc1cnc(N2CCCC2)nc1)C1CCN(C)CC1. The van der Waals surface area contributed by atoms with Gasteiger partial charge in [0.2, 0.25) is 5.95 Å². The maximum absolute atomic E-state index is 5.25. The zero-order valence-electron chi connectivity index (χ0n) is 15.9. The van der Waals surface area contributed by atoms with Crippen LogP contribution in [-0.2, 0) is 11.3 Å². The van der Waals surface area contributed by atoms with Crippen LogP contribution in [0.5, 0.6) is 0 Å². The first kappa shape index (κ1) is 18.5. The Morgan fingerprint density at radius 2 is 1.80 bits per heavy atom. The van der Waals surface area contributed by atoms with Crippen LogP contribution in [0, 0.1) is 0 Å². The van der Waals surface area contributed by atoms with E-state index in [0.717, 1.165) is 45.2 Å². The van der Waals surface area contributed by atoms with E-state index in [1.54, 1.807) is 7.11 Å². The van der Waals surface area contributed by atoms with Gasteiger partial charge in [0.25, 0.3) is 0 Å². The first-order chi connectivity index (χ1) is 12.3. The molecule has 0 amide bonds. The number of nitrogens with zero attached hydrogens (tertiary/aromatic N) is 5. The molecule has 0 bridgehead atoms. The van der Waals surface area contributed by atoms with Crippen LogP contribution in [-0.4, -0.2) is 79.3 Å². The monoisotopic (exact) mass is 347 g/mol. The summed E-state index contributed by atoms with van der Waals surface area (Å²) in [6, 6.07) is 0.659. The molecular weight excluding hydrogens is 314 g/mol. The summed E-state index contributed by atoms with van der Waals surface area (Å²) in [5.41, 5.74) is 1.22. The number of anilines is 1. The Hall–Kier alpha value is -1.24. The molecule has 0 saturated carbocycles. The average Bonchev–Trinajstić information content (AvgIpc) is 3.17. The van der Waals surface area contributed by atoms with E-state index in [0.29, 0.717) is 6.04 Å². The second-order valence-corrected chi connectivity index (χ2v) is 7.44. The maximum Gasteiger partial charge on any atom is 0.225 e. The number of aromatic nitrogens is 2. The van der Waals surface area contributed by atoms with Crippen molar-refractivity contribution in [2.75, 3.05) is 58.4 Å². The van der Waals surface area contributed by atoms with Gasteiger partial charge in [0.05, 0.1) is 0 Å². The van der Waals surface area contributed by atoms with Gasteiger partial charge in [0, 0.05) is 63.9 Å². The van der Waals surface area contributed by atoms with Crippen molar-refractivity contribution in [1.29, 1.82) is 0 Å². The van der Waals surface area contributed by atoms with E-state index in [1.165, 1.54) is 44.3 Å². The molecule has 6 heteroatoms. The number of likely N-dealkylation sites (tertiary alicyclic amines) is 1. The molecule has 3 heterocycles. The van der Waals surface area contributed by atoms with Crippen molar-refractivity contribution < 1.29 is 4.74 Å². The molecule has 2 fully saturated rings. The number of ether oxygens (including phenoxy) is 1. The molecule has 2 saturated heterocycles. The molecule has 0 spiro atoms. The van der Waals surface area contributed by atoms with Crippen LogP contribution in [0.2, 0.25) is 0 Å². The van der Waals surface area contributed by atoms with Crippen LogP contribution >= 0.6 is 0 Å². The largest absolute Gasteiger partial charge is 0.385 e. The van der Waals surface area contributed by atoms with Crippen molar-refractivity contribution in [1.82, 2.24) is 19.8 Å². The molecule has 140 valence electrons. The van der Waals surface area contributed by atoms with Gasteiger partial charge in [0.1, 0.15) is 0 Å². The summed E-state index contributed by atoms with van der Waals surface area (Å²) in [5, 5.41) is 0. The smallest absolute Gasteiger partial charge is 0.225 e. The first-order valence-corrected chi connectivity index (χ1v) is 9.73. The third kappa shape index (κ3) is 5.36. The van der Waals surface area contributed by atoms with Crippen molar-refractivity contribution in [3.63, 3.8) is 0 Å². The minimum atomic E-state index is 0.659. The van der Waals surface area contributed by atoms with Gasteiger partial charge < -0.3 is 14.5 Å². The van der Waals surface area contributed by atoms with Crippen LogP contribution in [0.25, 0.3) is 0 Å². The zero-order valence-corrected chi connectivity index (χ0v) is 15.9. The minimum Gasteiger partial charge on any atom is -0.385 e. The fraction of sp³-hybridized carbons (Fsp3) is 0.789. The van der Waals surface area contributed by atoms with E-state index in [4.69, 9.17) is 4.74 Å². The van der Waals surface area contributed by atoms with Crippen molar-refractivity contribution in [2.45, 2.75) is 44.7 Å². The predicted octanol–water partition coefficient (Wildman–Crippen LogP) is 2.01. The number of hydrogen-bond acceptors (Lipinski definition) is 6. The van der Waals surface area contributed by atoms with Gasteiger partial charge in [-0.25, -0.2) is 9.97 Å². The predicted molar refractivity (Wildman–Crippen MR) is 101 cm³/mol. The Morgan fingerprint density at radius 3 is 2.44 bits per heavy atom. The van der Waals surface area contributed by atoms with Crippen molar-refractivity contribution in [3.8, 4) is 0 Å². The Bertz CT molecular complexity index is 495. The maximum atomic E-state index is 5.25. The van der Waals surface area contributed by atoms with Crippen molar-refractivity contribution in [2.24, 2.45) is 0 Å². The molecule has 1 aromatic rings. The highest BCUT2D eigenvalue weighted by molar-refractivity contribution is 5.30. The van der Waals surface area contributed by atoms with Crippen LogP contribution < -0.4 is 4.90 Å². The Morgan fingerprint density at radius 1 is 1.12 bits per heavy atom. The number of rotatable bonds is 8. The van der Waals surface area contributed by atoms with E-state index in [-0.39, 0.29) is 0 Å². The molecule has 2 aliphatic rings. The second kappa shape index (κ2) is 9.46. The van der Waals surface area contributed by atoms with E-state index in [1.807, 2.05) is 12.4 Å². The van der Waals surface area contributed by atoms with Gasteiger partial charge in [-0.1, -0.05) is 0 Å². The zero-order chi connectivity index (χ0) is 17.5. The highest BCUT2D eigenvalue weighted by atomic mass is 16.5. The van der Waals surface area contributed by atoms with Gasteiger partial charge in [-0.05, 0) is 52.2 Å². The molecule has 3 rings (SSSR count). The van der Waals surface area contributed by atoms with E-state index in [9.17, 15) is 0 Å². The lowest BCUT2D eigenvalue weighted by Gasteiger charge is -2.37. The number of methoxy groups -OCH3 is 1. The topological polar surface area (TPSA) is 44.7 Å². The van der Waals surface area contributed by atoms with Gasteiger partial charge in [-0.2, -0.15) is 0 Å². The third-order valence-corrected chi connectivity index (χ3v) is 5.46. The second-order valence-electron chi connectivity index (χ2n) is 7.44.